The van der Waals surface area contributed by atoms with E-state index in [1.54, 1.807) is 0 Å². The van der Waals surface area contributed by atoms with Crippen molar-refractivity contribution in [2.45, 2.75) is 44.8 Å². The number of hydrogen-bond acceptors (Lipinski definition) is 3. The Morgan fingerprint density at radius 2 is 2.23 bits per heavy atom. The number of fused-ring (bicyclic) bond motifs is 2. The van der Waals surface area contributed by atoms with Crippen molar-refractivity contribution < 1.29 is 13.9 Å². The SMILES string of the molecule is CCN1CC(C(=O)OCC(C)F)C[C@@H]2c3cccc4c3c(cn4C)C[C@H]21. The Bertz CT molecular complexity index is 829. The predicted molar refractivity (Wildman–Crippen MR) is 100 cm³/mol. The fourth-order valence-corrected chi connectivity index (χ4v) is 4.92. The molecule has 2 unspecified atom stereocenters. The van der Waals surface area contributed by atoms with Gasteiger partial charge in [0.15, 0.2) is 0 Å². The molecule has 0 amide bonds. The first-order chi connectivity index (χ1) is 12.5. The predicted octanol–water partition coefficient (Wildman–Crippen LogP) is 3.43. The number of aromatic nitrogens is 1. The molecule has 1 aliphatic carbocycles. The molecular formula is C21H27FN2O2. The molecule has 1 saturated heterocycles. The van der Waals surface area contributed by atoms with E-state index in [9.17, 15) is 9.18 Å². The highest BCUT2D eigenvalue weighted by atomic mass is 19.1. The number of alkyl halides is 1. The molecule has 0 N–H and O–H groups in total. The number of likely N-dealkylation sites (N-methyl/N-ethyl adjacent to an activating group) is 1. The number of benzene rings is 1. The lowest BCUT2D eigenvalue weighted by Gasteiger charge is -2.46. The number of hydrogen-bond donors (Lipinski definition) is 0. The number of halogens is 1. The molecule has 1 fully saturated rings. The second-order valence-electron chi connectivity index (χ2n) is 7.82. The summed E-state index contributed by atoms with van der Waals surface area (Å²) in [6.45, 7) is 5.03. The van der Waals surface area contributed by atoms with Crippen LogP contribution in [-0.4, -0.2) is 47.3 Å². The molecule has 1 aliphatic heterocycles. The second kappa shape index (κ2) is 6.69. The number of ether oxygens (including phenoxy) is 1. The molecule has 4 atom stereocenters. The summed E-state index contributed by atoms with van der Waals surface area (Å²) in [5.41, 5.74) is 4.02. The van der Waals surface area contributed by atoms with Crippen LogP contribution in [0.4, 0.5) is 4.39 Å². The van der Waals surface area contributed by atoms with Gasteiger partial charge in [-0.3, -0.25) is 9.69 Å². The van der Waals surface area contributed by atoms with E-state index in [4.69, 9.17) is 4.74 Å². The molecule has 0 saturated carbocycles. The van der Waals surface area contributed by atoms with Crippen LogP contribution in [0.25, 0.3) is 10.9 Å². The third-order valence-electron chi connectivity index (χ3n) is 6.08. The fourth-order valence-electron chi connectivity index (χ4n) is 4.92. The van der Waals surface area contributed by atoms with E-state index in [-0.39, 0.29) is 18.5 Å². The van der Waals surface area contributed by atoms with Crippen LogP contribution >= 0.6 is 0 Å². The number of likely N-dealkylation sites (tertiary alicyclic amines) is 1. The summed E-state index contributed by atoms with van der Waals surface area (Å²) in [7, 11) is 2.10. The van der Waals surface area contributed by atoms with E-state index in [0.29, 0.717) is 18.5 Å². The zero-order valence-electron chi connectivity index (χ0n) is 15.7. The van der Waals surface area contributed by atoms with Gasteiger partial charge in [-0.15, -0.1) is 0 Å². The molecule has 4 rings (SSSR count). The zero-order chi connectivity index (χ0) is 18.4. The third kappa shape index (κ3) is 2.82. The Labute approximate surface area is 153 Å². The van der Waals surface area contributed by atoms with Crippen LogP contribution in [0.3, 0.4) is 0 Å². The lowest BCUT2D eigenvalue weighted by Crippen LogP contribution is -2.51. The Balaban J connectivity index is 1.67. The van der Waals surface area contributed by atoms with Crippen molar-refractivity contribution >= 4 is 16.9 Å². The van der Waals surface area contributed by atoms with Gasteiger partial charge in [-0.05, 0) is 43.5 Å². The van der Waals surface area contributed by atoms with E-state index in [0.717, 1.165) is 19.4 Å². The Morgan fingerprint density at radius 1 is 1.42 bits per heavy atom. The number of carbonyl (C=O) groups excluding carboxylic acids is 1. The number of aryl methyl sites for hydroxylation is 1. The summed E-state index contributed by atoms with van der Waals surface area (Å²) in [5, 5.41) is 1.36. The fraction of sp³-hybridized carbons (Fsp3) is 0.571. The van der Waals surface area contributed by atoms with Crippen molar-refractivity contribution in [3.63, 3.8) is 0 Å². The van der Waals surface area contributed by atoms with Gasteiger partial charge in [0, 0.05) is 42.7 Å². The van der Waals surface area contributed by atoms with Crippen LogP contribution in [0.2, 0.25) is 0 Å². The minimum absolute atomic E-state index is 0.145. The van der Waals surface area contributed by atoms with E-state index < -0.39 is 6.17 Å². The summed E-state index contributed by atoms with van der Waals surface area (Å²) in [6, 6.07) is 6.92. The molecule has 4 nitrogen and oxygen atoms in total. The minimum Gasteiger partial charge on any atom is -0.462 e. The second-order valence-corrected chi connectivity index (χ2v) is 7.82. The van der Waals surface area contributed by atoms with Gasteiger partial charge in [0.05, 0.1) is 5.92 Å². The standard InChI is InChI=1S/C21H27FN2O2/c1-4-24-11-15(21(25)26-12-13(2)22)8-17-16-6-5-7-18-20(16)14(9-19(17)24)10-23(18)3/h5-7,10,13,15,17,19H,4,8-9,11-12H2,1-3H3/t13?,15?,17-,19-/m1/s1. The van der Waals surface area contributed by atoms with Crippen molar-refractivity contribution in [2.75, 3.05) is 19.7 Å². The lowest BCUT2D eigenvalue weighted by molar-refractivity contribution is -0.153. The molecule has 26 heavy (non-hydrogen) atoms. The highest BCUT2D eigenvalue weighted by molar-refractivity contribution is 5.89. The van der Waals surface area contributed by atoms with Crippen LogP contribution in [0.5, 0.6) is 0 Å². The van der Waals surface area contributed by atoms with Gasteiger partial charge in [-0.25, -0.2) is 4.39 Å². The summed E-state index contributed by atoms with van der Waals surface area (Å²) < 4.78 is 20.5. The Kier molecular flexibility index (Phi) is 4.51. The van der Waals surface area contributed by atoms with Crippen molar-refractivity contribution in [1.29, 1.82) is 0 Å². The van der Waals surface area contributed by atoms with E-state index in [1.807, 2.05) is 0 Å². The maximum absolute atomic E-state index is 13.1. The molecule has 1 aromatic heterocycles. The van der Waals surface area contributed by atoms with Crippen molar-refractivity contribution in [2.24, 2.45) is 13.0 Å². The van der Waals surface area contributed by atoms with Crippen molar-refractivity contribution in [3.8, 4) is 0 Å². The van der Waals surface area contributed by atoms with Crippen LogP contribution in [0.15, 0.2) is 24.4 Å². The quantitative estimate of drug-likeness (QED) is 0.786. The first-order valence-corrected chi connectivity index (χ1v) is 9.61. The number of esters is 1. The average Bonchev–Trinajstić information content (AvgIpc) is 2.96. The lowest BCUT2D eigenvalue weighted by atomic mass is 9.72. The van der Waals surface area contributed by atoms with E-state index >= 15 is 0 Å². The number of piperidine rings is 1. The first-order valence-electron chi connectivity index (χ1n) is 9.61. The van der Waals surface area contributed by atoms with Crippen LogP contribution < -0.4 is 0 Å². The summed E-state index contributed by atoms with van der Waals surface area (Å²) >= 11 is 0. The minimum atomic E-state index is -1.12. The molecule has 0 bridgehead atoms. The van der Waals surface area contributed by atoms with Crippen molar-refractivity contribution in [3.05, 3.63) is 35.5 Å². The van der Waals surface area contributed by atoms with E-state index in [1.165, 1.54) is 29.0 Å². The van der Waals surface area contributed by atoms with Gasteiger partial charge in [0.25, 0.3) is 0 Å². The summed E-state index contributed by atoms with van der Waals surface area (Å²) in [6.07, 6.45) is 2.94. The number of carbonyl (C=O) groups is 1. The maximum atomic E-state index is 13.1. The number of nitrogens with zero attached hydrogens (tertiary/aromatic N) is 2. The zero-order valence-corrected chi connectivity index (χ0v) is 15.7. The molecule has 2 heterocycles. The first kappa shape index (κ1) is 17.5. The highest BCUT2D eigenvalue weighted by Crippen LogP contribution is 2.45. The number of rotatable bonds is 4. The van der Waals surface area contributed by atoms with E-state index in [2.05, 4.69) is 47.8 Å². The smallest absolute Gasteiger partial charge is 0.310 e. The van der Waals surface area contributed by atoms with Crippen LogP contribution in [0, 0.1) is 5.92 Å². The molecule has 140 valence electrons. The Morgan fingerprint density at radius 3 is 2.96 bits per heavy atom. The van der Waals surface area contributed by atoms with Gasteiger partial charge in [0.2, 0.25) is 0 Å². The largest absolute Gasteiger partial charge is 0.462 e. The average molecular weight is 358 g/mol. The Hall–Kier alpha value is -1.88. The summed E-state index contributed by atoms with van der Waals surface area (Å²) in [4.78, 5) is 14.9. The molecule has 0 radical (unpaired) electrons. The highest BCUT2D eigenvalue weighted by Gasteiger charge is 2.42. The molecule has 2 aromatic rings. The molecule has 5 heteroatoms. The van der Waals surface area contributed by atoms with Crippen LogP contribution in [0.1, 0.15) is 37.3 Å². The molecule has 0 spiro atoms. The maximum Gasteiger partial charge on any atom is 0.310 e. The van der Waals surface area contributed by atoms with Crippen molar-refractivity contribution in [1.82, 2.24) is 9.47 Å². The van der Waals surface area contributed by atoms with Gasteiger partial charge in [-0.2, -0.15) is 0 Å². The monoisotopic (exact) mass is 358 g/mol. The molecule has 2 aliphatic rings. The molecule has 1 aromatic carbocycles. The van der Waals surface area contributed by atoms with Gasteiger partial charge >= 0.3 is 5.97 Å². The summed E-state index contributed by atoms with van der Waals surface area (Å²) in [5.74, 6) is -0.115. The normalized spacial score (nSPS) is 26.5. The topological polar surface area (TPSA) is 34.5 Å². The van der Waals surface area contributed by atoms with Gasteiger partial charge in [0.1, 0.15) is 12.8 Å². The van der Waals surface area contributed by atoms with Gasteiger partial charge < -0.3 is 9.30 Å². The molecular weight excluding hydrogens is 331 g/mol. The van der Waals surface area contributed by atoms with Gasteiger partial charge in [-0.1, -0.05) is 19.1 Å². The third-order valence-corrected chi connectivity index (χ3v) is 6.08. The van der Waals surface area contributed by atoms with Crippen LogP contribution in [-0.2, 0) is 23.0 Å².